The highest BCUT2D eigenvalue weighted by molar-refractivity contribution is 7.85. The molecule has 0 aliphatic carbocycles. The first kappa shape index (κ1) is 16.8. The molecule has 0 fully saturated rings. The van der Waals surface area contributed by atoms with Crippen molar-refractivity contribution in [2.75, 3.05) is 0 Å². The molecule has 0 saturated heterocycles. The van der Waals surface area contributed by atoms with Gasteiger partial charge < -0.3 is 0 Å². The van der Waals surface area contributed by atoms with E-state index in [-0.39, 0.29) is 4.75 Å². The van der Waals surface area contributed by atoms with Crippen molar-refractivity contribution >= 4 is 16.7 Å². The topological polar surface area (TPSA) is 29.4 Å². The van der Waals surface area contributed by atoms with Crippen LogP contribution in [0.15, 0.2) is 4.40 Å². The number of hydrogen-bond acceptors (Lipinski definition) is 1. The maximum Gasteiger partial charge on any atom is 0.144 e. The van der Waals surface area contributed by atoms with Gasteiger partial charge in [-0.25, -0.2) is 4.21 Å². The van der Waals surface area contributed by atoms with E-state index in [1.165, 1.54) is 38.5 Å². The summed E-state index contributed by atoms with van der Waals surface area (Å²) in [5.74, 6) is 0. The van der Waals surface area contributed by atoms with Gasteiger partial charge in [0.2, 0.25) is 0 Å². The molecule has 0 saturated carbocycles. The summed E-state index contributed by atoms with van der Waals surface area (Å²) in [6.07, 6.45) is 8.76. The first-order valence-corrected chi connectivity index (χ1v) is 7.94. The van der Waals surface area contributed by atoms with Gasteiger partial charge in [0.25, 0.3) is 0 Å². The molecule has 0 aromatic rings. The van der Waals surface area contributed by atoms with Gasteiger partial charge in [0.15, 0.2) is 0 Å². The molecule has 0 heterocycles. The highest BCUT2D eigenvalue weighted by atomic mass is 32.2. The van der Waals surface area contributed by atoms with Crippen molar-refractivity contribution < 1.29 is 4.21 Å². The largest absolute Gasteiger partial charge is 0.234 e. The zero-order valence-electron chi connectivity index (χ0n) is 12.2. The lowest BCUT2D eigenvalue weighted by atomic mass is 10.1. The van der Waals surface area contributed by atoms with E-state index in [1.54, 1.807) is 0 Å². The number of rotatable bonds is 8. The van der Waals surface area contributed by atoms with Gasteiger partial charge >= 0.3 is 0 Å². The third kappa shape index (κ3) is 9.51. The molecular formula is C14H29NOS. The predicted octanol–water partition coefficient (Wildman–Crippen LogP) is 4.66. The van der Waals surface area contributed by atoms with E-state index in [1.807, 2.05) is 27.7 Å². The van der Waals surface area contributed by atoms with E-state index in [2.05, 4.69) is 11.3 Å². The minimum atomic E-state index is -1.09. The van der Waals surface area contributed by atoms with Crippen molar-refractivity contribution in [1.82, 2.24) is 0 Å². The van der Waals surface area contributed by atoms with Gasteiger partial charge in [-0.1, -0.05) is 39.0 Å². The summed E-state index contributed by atoms with van der Waals surface area (Å²) in [6, 6.07) is 0. The first-order chi connectivity index (χ1) is 7.88. The molecule has 0 aromatic carbocycles. The van der Waals surface area contributed by atoms with Crippen molar-refractivity contribution in [1.29, 1.82) is 0 Å². The smallest absolute Gasteiger partial charge is 0.144 e. The van der Waals surface area contributed by atoms with Crippen molar-refractivity contribution in [3.05, 3.63) is 0 Å². The fraction of sp³-hybridized carbons (Fsp3) is 0.929. The molecule has 17 heavy (non-hydrogen) atoms. The summed E-state index contributed by atoms with van der Waals surface area (Å²) >= 11 is 0. The van der Waals surface area contributed by atoms with Gasteiger partial charge in [-0.3, -0.25) is 0 Å². The highest BCUT2D eigenvalue weighted by Crippen LogP contribution is 2.14. The zero-order chi connectivity index (χ0) is 13.3. The van der Waals surface area contributed by atoms with E-state index in [0.29, 0.717) is 0 Å². The van der Waals surface area contributed by atoms with Gasteiger partial charge in [0, 0.05) is 5.71 Å². The lowest BCUT2D eigenvalue weighted by Gasteiger charge is -2.14. The Hall–Kier alpha value is -0.180. The minimum Gasteiger partial charge on any atom is -0.234 e. The summed E-state index contributed by atoms with van der Waals surface area (Å²) in [4.78, 5) is 0. The Kier molecular flexibility index (Phi) is 8.75. The summed E-state index contributed by atoms with van der Waals surface area (Å²) in [7, 11) is -1.09. The van der Waals surface area contributed by atoms with E-state index >= 15 is 0 Å². The van der Waals surface area contributed by atoms with E-state index in [0.717, 1.165) is 12.1 Å². The summed E-state index contributed by atoms with van der Waals surface area (Å²) in [5, 5.41) is 0. The molecule has 1 atom stereocenters. The van der Waals surface area contributed by atoms with Crippen molar-refractivity contribution in [3.63, 3.8) is 0 Å². The molecule has 0 aliphatic heterocycles. The lowest BCUT2D eigenvalue weighted by molar-refractivity contribution is 0.615. The summed E-state index contributed by atoms with van der Waals surface area (Å²) in [5.41, 5.74) is 1.04. The van der Waals surface area contributed by atoms with Gasteiger partial charge in [-0.15, -0.1) is 0 Å². The molecule has 2 nitrogen and oxygen atoms in total. The molecule has 0 unspecified atom stereocenters. The minimum absolute atomic E-state index is 0.234. The fourth-order valence-corrected chi connectivity index (χ4v) is 2.13. The van der Waals surface area contributed by atoms with Crippen LogP contribution in [0.2, 0.25) is 0 Å². The second-order valence-corrected chi connectivity index (χ2v) is 7.61. The Bertz CT molecular complexity index is 253. The van der Waals surface area contributed by atoms with Crippen LogP contribution in [0.1, 0.15) is 79.6 Å². The van der Waals surface area contributed by atoms with Crippen LogP contribution in [0.4, 0.5) is 0 Å². The molecule has 0 bridgehead atoms. The predicted molar refractivity (Wildman–Crippen MR) is 79.0 cm³/mol. The Morgan fingerprint density at radius 2 is 1.59 bits per heavy atom. The average molecular weight is 259 g/mol. The van der Waals surface area contributed by atoms with Gasteiger partial charge in [0.05, 0.1) is 4.75 Å². The molecule has 102 valence electrons. The first-order valence-electron chi connectivity index (χ1n) is 6.84. The van der Waals surface area contributed by atoms with Crippen molar-refractivity contribution in [2.45, 2.75) is 84.3 Å². The van der Waals surface area contributed by atoms with Gasteiger partial charge in [-0.2, -0.15) is 4.40 Å². The second-order valence-electron chi connectivity index (χ2n) is 5.71. The molecule has 0 rings (SSSR count). The van der Waals surface area contributed by atoms with Crippen LogP contribution in [0, 0.1) is 0 Å². The molecular weight excluding hydrogens is 230 g/mol. The maximum atomic E-state index is 11.8. The summed E-state index contributed by atoms with van der Waals surface area (Å²) in [6.45, 7) is 10.1. The zero-order valence-corrected chi connectivity index (χ0v) is 13.0. The van der Waals surface area contributed by atoms with Crippen LogP contribution < -0.4 is 0 Å². The molecule has 0 amide bonds. The summed E-state index contributed by atoms with van der Waals surface area (Å²) < 4.78 is 15.8. The Morgan fingerprint density at radius 3 is 2.12 bits per heavy atom. The third-order valence-electron chi connectivity index (χ3n) is 2.65. The van der Waals surface area contributed by atoms with Crippen LogP contribution in [0.3, 0.4) is 0 Å². The maximum absolute atomic E-state index is 11.8. The molecule has 0 N–H and O–H groups in total. The Morgan fingerprint density at radius 1 is 1.06 bits per heavy atom. The van der Waals surface area contributed by atoms with Gasteiger partial charge in [0.1, 0.15) is 11.0 Å². The molecule has 0 spiro atoms. The third-order valence-corrected chi connectivity index (χ3v) is 4.18. The second kappa shape index (κ2) is 8.84. The Balaban J connectivity index is 3.75. The van der Waals surface area contributed by atoms with Crippen LogP contribution in [0.25, 0.3) is 0 Å². The van der Waals surface area contributed by atoms with E-state index in [9.17, 15) is 4.21 Å². The number of unbranched alkanes of at least 4 members (excludes halogenated alkanes) is 5. The number of hydrogen-bond donors (Lipinski definition) is 0. The fourth-order valence-electron chi connectivity index (χ4n) is 1.49. The van der Waals surface area contributed by atoms with Crippen LogP contribution in [0.5, 0.6) is 0 Å². The van der Waals surface area contributed by atoms with Crippen LogP contribution in [-0.4, -0.2) is 14.7 Å². The van der Waals surface area contributed by atoms with E-state index < -0.39 is 11.0 Å². The molecule has 0 radical (unpaired) electrons. The highest BCUT2D eigenvalue weighted by Gasteiger charge is 2.18. The monoisotopic (exact) mass is 259 g/mol. The molecule has 3 heteroatoms. The van der Waals surface area contributed by atoms with Crippen LogP contribution >= 0.6 is 0 Å². The van der Waals surface area contributed by atoms with Crippen LogP contribution in [-0.2, 0) is 11.0 Å². The van der Waals surface area contributed by atoms with Gasteiger partial charge in [-0.05, 0) is 40.5 Å². The Labute approximate surface area is 110 Å². The molecule has 0 aromatic heterocycles. The average Bonchev–Trinajstić information content (AvgIpc) is 2.21. The molecule has 0 aliphatic rings. The van der Waals surface area contributed by atoms with E-state index in [4.69, 9.17) is 0 Å². The van der Waals surface area contributed by atoms with Crippen molar-refractivity contribution in [3.8, 4) is 0 Å². The number of nitrogens with zero attached hydrogens (tertiary/aromatic N) is 1. The normalized spacial score (nSPS) is 15.0. The SMILES string of the molecule is CCCCCCCC/C(C)=N/[S@](=O)C(C)(C)C. The lowest BCUT2D eigenvalue weighted by Crippen LogP contribution is -2.20. The van der Waals surface area contributed by atoms with Crippen molar-refractivity contribution in [2.24, 2.45) is 4.40 Å². The standard InChI is InChI=1S/C14H29NOS/c1-6-7-8-9-10-11-12-13(2)15-17(16)14(3,4)5/h6-12H2,1-5H3/b15-13+/t17-/m1/s1. The quantitative estimate of drug-likeness (QED) is 0.460.